The maximum atomic E-state index is 13.9. The van der Waals surface area contributed by atoms with Crippen molar-refractivity contribution in [2.75, 3.05) is 18.9 Å². The molecule has 4 N–H and O–H groups in total. The summed E-state index contributed by atoms with van der Waals surface area (Å²) in [4.78, 5) is 64.2. The van der Waals surface area contributed by atoms with Gasteiger partial charge in [-0.25, -0.2) is 13.2 Å². The second-order valence-corrected chi connectivity index (χ2v) is 15.0. The molecule has 2 aliphatic heterocycles. The Bertz CT molecular complexity index is 2050. The van der Waals surface area contributed by atoms with Crippen molar-refractivity contribution < 1.29 is 104 Å². The zero-order valence-corrected chi connectivity index (χ0v) is 33.6. The fourth-order valence-electron chi connectivity index (χ4n) is 6.24. The molecule has 274 valence electrons. The molecule has 0 aromatic heterocycles. The SMILES string of the molecule is O=C(NCCCC(C(=O)N[C@H]1C(=O)N2C(C(=O)[O-])=C(CO)CS(=O)(=O)[C@@H]12)c1cccc(C(C(=O)O)c2ccccc2)c1)OCc1ccc(Cl)cc1Cl.[K+]. The first-order chi connectivity index (χ1) is 24.7. The summed E-state index contributed by atoms with van der Waals surface area (Å²) < 4.78 is 31.4. The van der Waals surface area contributed by atoms with E-state index in [-0.39, 0.29) is 77.4 Å². The van der Waals surface area contributed by atoms with Gasteiger partial charge in [0.25, 0.3) is 5.91 Å². The van der Waals surface area contributed by atoms with Crippen LogP contribution in [0.2, 0.25) is 10.0 Å². The molecule has 53 heavy (non-hydrogen) atoms. The Morgan fingerprint density at radius 2 is 1.66 bits per heavy atom. The number of carboxylic acids is 2. The second kappa shape index (κ2) is 18.3. The number of nitrogens with zero attached hydrogens (tertiary/aromatic N) is 1. The molecule has 2 heterocycles. The Hall–Kier alpha value is -3.32. The number of halogens is 2. The number of carbonyl (C=O) groups is 5. The number of amides is 3. The maximum absolute atomic E-state index is 13.9. The second-order valence-electron chi connectivity index (χ2n) is 12.1. The molecule has 0 aliphatic carbocycles. The van der Waals surface area contributed by atoms with Gasteiger partial charge in [-0.2, -0.15) is 0 Å². The van der Waals surface area contributed by atoms with Gasteiger partial charge in [0, 0.05) is 22.2 Å². The Balaban J connectivity index is 0.00000627. The summed E-state index contributed by atoms with van der Waals surface area (Å²) in [7, 11) is -4.25. The number of fused-ring (bicyclic) bond motifs is 1. The third-order valence-electron chi connectivity index (χ3n) is 8.70. The van der Waals surface area contributed by atoms with E-state index < -0.39 is 86.6 Å². The maximum Gasteiger partial charge on any atom is 1.00 e. The van der Waals surface area contributed by atoms with E-state index in [1.165, 1.54) is 12.1 Å². The summed E-state index contributed by atoms with van der Waals surface area (Å²) in [5, 5.41) is 35.5. The van der Waals surface area contributed by atoms with Crippen molar-refractivity contribution in [2.45, 2.75) is 42.7 Å². The number of β-lactam (4-membered cyclic amide) rings is 1. The Morgan fingerprint density at radius 1 is 0.981 bits per heavy atom. The summed E-state index contributed by atoms with van der Waals surface area (Å²) in [6.07, 6.45) is -0.574. The first-order valence-corrected chi connectivity index (χ1v) is 18.3. The number of aliphatic hydroxyl groups is 1. The average molecular weight is 813 g/mol. The monoisotopic (exact) mass is 811 g/mol. The largest absolute Gasteiger partial charge is 1.00 e. The number of hydrogen-bond donors (Lipinski definition) is 4. The van der Waals surface area contributed by atoms with Gasteiger partial charge in [0.1, 0.15) is 18.6 Å². The number of benzene rings is 3. The number of nitrogens with one attached hydrogen (secondary N) is 2. The Morgan fingerprint density at radius 3 is 2.30 bits per heavy atom. The molecule has 0 radical (unpaired) electrons. The van der Waals surface area contributed by atoms with E-state index in [0.717, 1.165) is 0 Å². The van der Waals surface area contributed by atoms with Crippen LogP contribution in [0.4, 0.5) is 4.79 Å². The van der Waals surface area contributed by atoms with Crippen LogP contribution in [0.5, 0.6) is 0 Å². The van der Waals surface area contributed by atoms with Crippen LogP contribution in [0.15, 0.2) is 84.1 Å². The van der Waals surface area contributed by atoms with E-state index in [2.05, 4.69) is 10.6 Å². The first-order valence-electron chi connectivity index (χ1n) is 15.8. The fraction of sp³-hybridized carbons (Fsp3) is 0.286. The van der Waals surface area contributed by atoms with Crippen molar-refractivity contribution in [3.05, 3.63) is 116 Å². The molecule has 14 nitrogen and oxygen atoms in total. The molecule has 1 saturated heterocycles. The molecule has 3 aromatic carbocycles. The summed E-state index contributed by atoms with van der Waals surface area (Å²) in [6.45, 7) is -1.06. The molecule has 2 unspecified atom stereocenters. The smallest absolute Gasteiger partial charge is 0.543 e. The van der Waals surface area contributed by atoms with E-state index >= 15 is 0 Å². The number of ether oxygens (including phenoxy) is 1. The molecule has 18 heteroatoms. The summed E-state index contributed by atoms with van der Waals surface area (Å²) >= 11 is 12.0. The van der Waals surface area contributed by atoms with E-state index in [9.17, 15) is 47.7 Å². The minimum absolute atomic E-state index is 0. The molecule has 0 spiro atoms. The van der Waals surface area contributed by atoms with Gasteiger partial charge < -0.3 is 35.5 Å². The van der Waals surface area contributed by atoms with E-state index in [1.54, 1.807) is 60.7 Å². The van der Waals surface area contributed by atoms with E-state index in [1.807, 2.05) is 0 Å². The number of alkyl carbamates (subject to hydrolysis) is 1. The van der Waals surface area contributed by atoms with Crippen molar-refractivity contribution in [3.63, 3.8) is 0 Å². The van der Waals surface area contributed by atoms with Crippen LogP contribution >= 0.6 is 23.2 Å². The number of hydrogen-bond acceptors (Lipinski definition) is 10. The molecule has 1 fully saturated rings. The van der Waals surface area contributed by atoms with Gasteiger partial charge >= 0.3 is 63.4 Å². The normalized spacial score (nSPS) is 18.4. The first kappa shape index (κ1) is 42.4. The molecule has 2 aliphatic rings. The van der Waals surface area contributed by atoms with Crippen LogP contribution in [-0.4, -0.2) is 83.7 Å². The minimum Gasteiger partial charge on any atom is -0.543 e. The Labute approximate surface area is 356 Å². The van der Waals surface area contributed by atoms with Crippen molar-refractivity contribution in [1.29, 1.82) is 0 Å². The van der Waals surface area contributed by atoms with E-state index in [0.29, 0.717) is 37.2 Å². The predicted octanol–water partition coefficient (Wildman–Crippen LogP) is -0.918. The third-order valence-corrected chi connectivity index (χ3v) is 11.3. The zero-order chi connectivity index (χ0) is 37.7. The summed E-state index contributed by atoms with van der Waals surface area (Å²) in [6, 6.07) is 17.7. The zero-order valence-electron chi connectivity index (χ0n) is 28.2. The molecule has 0 saturated carbocycles. The average Bonchev–Trinajstić information content (AvgIpc) is 3.09. The third kappa shape index (κ3) is 9.68. The number of aliphatic hydroxyl groups excluding tert-OH is 1. The van der Waals surface area contributed by atoms with Crippen molar-refractivity contribution in [3.8, 4) is 0 Å². The Kier molecular flexibility index (Phi) is 14.7. The van der Waals surface area contributed by atoms with Gasteiger partial charge in [-0.05, 0) is 47.2 Å². The van der Waals surface area contributed by atoms with Gasteiger partial charge in [0.15, 0.2) is 15.2 Å². The van der Waals surface area contributed by atoms with Crippen LogP contribution in [0, 0.1) is 0 Å². The molecular formula is C35H32Cl2KN3O11S. The van der Waals surface area contributed by atoms with Gasteiger partial charge in [0.05, 0.1) is 29.9 Å². The topological polar surface area (TPSA) is 220 Å². The number of aliphatic carboxylic acids is 2. The molecule has 4 atom stereocenters. The number of carbonyl (C=O) groups excluding carboxylic acids is 4. The molecule has 0 bridgehead atoms. The van der Waals surface area contributed by atoms with Gasteiger partial charge in [-0.3, -0.25) is 19.3 Å². The fourth-order valence-corrected chi connectivity index (χ4v) is 8.72. The van der Waals surface area contributed by atoms with Crippen molar-refractivity contribution in [2.24, 2.45) is 0 Å². The summed E-state index contributed by atoms with van der Waals surface area (Å²) in [5.41, 5.74) is 0.504. The van der Waals surface area contributed by atoms with Crippen molar-refractivity contribution >= 4 is 62.9 Å². The van der Waals surface area contributed by atoms with Gasteiger partial charge in [0.2, 0.25) is 5.91 Å². The van der Waals surface area contributed by atoms with E-state index in [4.69, 9.17) is 27.9 Å². The standard InChI is InChI=1S/C35H33Cl2N3O11S.K/c36-24-12-11-22(26(37)15-24)17-51-35(48)38-13-5-10-25(20-8-4-9-21(14-20)27(33(44)45)19-6-2-1-3-7-19)30(42)39-28-31(43)40-29(34(46)47)23(16-41)18-52(49,50)32(28)40;/h1-4,6-9,11-12,14-15,25,27-28,32,41H,5,10,13,16-18H2,(H,38,48)(H,39,42)(H,44,45)(H,46,47);/q;+1/p-1/t25?,27?,28-,32-;/m0./s1. The number of sulfone groups is 1. The molecular weight excluding hydrogens is 780 g/mol. The molecule has 3 aromatic rings. The number of rotatable bonds is 14. The predicted molar refractivity (Wildman–Crippen MR) is 184 cm³/mol. The number of carboxylic acid groups (broad SMARTS) is 2. The quantitative estimate of drug-likeness (QED) is 0.0887. The van der Waals surface area contributed by atoms with Crippen molar-refractivity contribution in [1.82, 2.24) is 15.5 Å². The van der Waals surface area contributed by atoms with Crippen LogP contribution in [0.1, 0.15) is 46.9 Å². The van der Waals surface area contributed by atoms with Gasteiger partial charge in [-0.15, -0.1) is 0 Å². The summed E-state index contributed by atoms with van der Waals surface area (Å²) in [5.74, 6) is -7.88. The minimum atomic E-state index is -4.25. The van der Waals surface area contributed by atoms with Crippen LogP contribution < -0.4 is 67.1 Å². The van der Waals surface area contributed by atoms with Crippen LogP contribution in [0.3, 0.4) is 0 Å². The van der Waals surface area contributed by atoms with Gasteiger partial charge in [-0.1, -0.05) is 83.9 Å². The molecule has 5 rings (SSSR count). The molecule has 3 amide bonds. The van der Waals surface area contributed by atoms with Crippen LogP contribution in [-0.2, 0) is 40.4 Å². The van der Waals surface area contributed by atoms with Crippen LogP contribution in [0.25, 0.3) is 0 Å².